The molecule has 0 bridgehead atoms. The minimum atomic E-state index is -2.49. The summed E-state index contributed by atoms with van der Waals surface area (Å²) in [5.41, 5.74) is 4.78. The second-order valence-electron chi connectivity index (χ2n) is 22.9. The topological polar surface area (TPSA) is 408 Å². The zero-order valence-corrected chi connectivity index (χ0v) is 55.8. The van der Waals surface area contributed by atoms with Crippen LogP contribution in [0.15, 0.2) is 133 Å². The van der Waals surface area contributed by atoms with Crippen molar-refractivity contribution in [3.05, 3.63) is 156 Å². The third-order valence-corrected chi connectivity index (χ3v) is 16.9. The Labute approximate surface area is 575 Å². The number of carboxylic acids is 2. The van der Waals surface area contributed by atoms with E-state index in [1.807, 2.05) is 60.7 Å². The minimum absolute atomic E-state index is 0. The minimum Gasteiger partial charge on any atom is -0.477 e. The van der Waals surface area contributed by atoms with Crippen LogP contribution in [0, 0.1) is 0 Å². The van der Waals surface area contributed by atoms with E-state index in [-0.39, 0.29) is 72.9 Å². The second-order valence-corrected chi connectivity index (χ2v) is 24.1. The van der Waals surface area contributed by atoms with Gasteiger partial charge in [-0.1, -0.05) is 97.8 Å². The normalized spacial score (nSPS) is 22.0. The molecule has 2 fully saturated rings. The molecular weight excluding hydrogens is 1260 g/mol. The van der Waals surface area contributed by atoms with Crippen molar-refractivity contribution < 1.29 is 128 Å². The smallest absolute Gasteiger partial charge is 0.477 e. The Kier molecular flexibility index (Phi) is 30.2. The molecule has 14 N–H and O–H groups in total. The van der Waals surface area contributed by atoms with E-state index in [0.717, 1.165) is 36.1 Å². The molecule has 2 heterocycles. The maximum absolute atomic E-state index is 13.0. The number of carbonyl (C=O) groups excluding carboxylic acids is 6. The van der Waals surface area contributed by atoms with Crippen molar-refractivity contribution in [2.45, 2.75) is 131 Å². The molecule has 6 amide bonds. The Morgan fingerprint density at radius 3 is 1.21 bits per heavy atom. The first-order valence-electron chi connectivity index (χ1n) is 30.9. The molecule has 0 radical (unpaired) electrons. The standard InChI is InChI=1S/C67H82N6O20S.Na/c1-40(74)72-54-50(76)36-66(64(86)87,92-58(54)56(80)52(78)38-70-62(84)48-22-18-44(19-23-48)42-14-7-5-8-15-42)90-32-12-4-3-11-30-68-60(82)46-26-28-47(29-27-46)61(83)69-31-35-94-34-13-33-91-67(65(88)89)37-51(77)55(73-41(2)75)59(93-67)57(81)53(79)39-71-63(85)49-24-20-45(21-25-49)43-16-9-6-10-17-43;/h5-10,14-29,50-59,76-81H,3-4,11-13,30-39H2,1-2H3,(H,68,82)(H,69,83)(H,70,84)(H,71,85)(H,72,74)(H,73,75)(H,86,87)(H,88,89);/q;+1/t50-,51-,52+,53+,54+,55+,56?,57?,58+,59+,66+,67+;/m0./s1. The summed E-state index contributed by atoms with van der Waals surface area (Å²) in [6, 6.07) is 35.7. The van der Waals surface area contributed by atoms with Gasteiger partial charge in [-0.2, -0.15) is 11.8 Å². The molecular formula is C67H82N6NaO20S+. The molecule has 2 aliphatic rings. The summed E-state index contributed by atoms with van der Waals surface area (Å²) < 4.78 is 23.2. The average Bonchev–Trinajstić information content (AvgIpc) is 0.777. The third kappa shape index (κ3) is 21.9. The Morgan fingerprint density at radius 2 is 0.821 bits per heavy atom. The number of amides is 6. The molecule has 2 aliphatic heterocycles. The first kappa shape index (κ1) is 76.8. The molecule has 95 heavy (non-hydrogen) atoms. The Balaban J connectivity index is 0.0000143. The number of aliphatic carboxylic acids is 2. The SMILES string of the molecule is CC(=O)N[C@@H]1[C@@H](O)C[C@](OCCCCCCNC(=O)c2ccc(C(=O)NCCSCCCO[C@]3(C(=O)O)C[C@H](O)[C@@H](NC(C)=O)[C@H](C(O)[C@H](O)CNC(=O)c4ccc(-c5ccccc5)cc4)O3)cc2)(C(=O)O)O[C@H]1C(O)[C@H](O)CNC(=O)c1ccc(-c2ccccc2)cc1.[Na+]. The maximum Gasteiger partial charge on any atom is 1.00 e. The summed E-state index contributed by atoms with van der Waals surface area (Å²) in [5, 5.41) is 103. The summed E-state index contributed by atoms with van der Waals surface area (Å²) in [6.07, 6.45) is -13.0. The van der Waals surface area contributed by atoms with Crippen LogP contribution in [-0.4, -0.2) is 212 Å². The number of carbonyl (C=O) groups is 8. The number of aliphatic hydroxyl groups is 6. The van der Waals surface area contributed by atoms with Crippen molar-refractivity contribution in [3.63, 3.8) is 0 Å². The van der Waals surface area contributed by atoms with Gasteiger partial charge in [-0.05, 0) is 95.8 Å². The Hall–Kier alpha value is -7.19. The van der Waals surface area contributed by atoms with Gasteiger partial charge in [-0.3, -0.25) is 28.8 Å². The van der Waals surface area contributed by atoms with Crippen LogP contribution in [0.1, 0.15) is 100 Å². The zero-order valence-electron chi connectivity index (χ0n) is 53.0. The fraction of sp³-hybridized carbons (Fsp3) is 0.433. The van der Waals surface area contributed by atoms with Crippen molar-refractivity contribution in [2.24, 2.45) is 0 Å². The predicted molar refractivity (Wildman–Crippen MR) is 343 cm³/mol. The zero-order chi connectivity index (χ0) is 68.0. The van der Waals surface area contributed by atoms with Crippen LogP contribution in [0.5, 0.6) is 0 Å². The number of nitrogens with one attached hydrogen (secondary N) is 6. The molecule has 0 spiro atoms. The largest absolute Gasteiger partial charge is 1.00 e. The first-order valence-corrected chi connectivity index (χ1v) is 32.0. The van der Waals surface area contributed by atoms with Gasteiger partial charge in [0.15, 0.2) is 0 Å². The van der Waals surface area contributed by atoms with Gasteiger partial charge in [0.1, 0.15) is 24.4 Å². The monoisotopic (exact) mass is 1350 g/mol. The van der Waals surface area contributed by atoms with Gasteiger partial charge in [0.2, 0.25) is 11.8 Å². The summed E-state index contributed by atoms with van der Waals surface area (Å²) >= 11 is 1.42. The van der Waals surface area contributed by atoms with Crippen LogP contribution in [0.4, 0.5) is 0 Å². The van der Waals surface area contributed by atoms with E-state index in [2.05, 4.69) is 31.9 Å². The van der Waals surface area contributed by atoms with Gasteiger partial charge in [-0.25, -0.2) is 9.59 Å². The van der Waals surface area contributed by atoms with Crippen LogP contribution < -0.4 is 61.5 Å². The molecule has 5 aromatic carbocycles. The molecule has 12 atom stereocenters. The fourth-order valence-corrected chi connectivity index (χ4v) is 11.6. The number of thioether (sulfide) groups is 1. The first-order chi connectivity index (χ1) is 45.0. The summed E-state index contributed by atoms with van der Waals surface area (Å²) in [6.45, 7) is 1.48. The van der Waals surface area contributed by atoms with Gasteiger partial charge in [0, 0.05) is 80.9 Å². The van der Waals surface area contributed by atoms with Crippen LogP contribution in [-0.2, 0) is 38.1 Å². The van der Waals surface area contributed by atoms with Gasteiger partial charge in [-0.15, -0.1) is 0 Å². The summed E-state index contributed by atoms with van der Waals surface area (Å²) in [4.78, 5) is 102. The number of benzene rings is 5. The van der Waals surface area contributed by atoms with Crippen molar-refractivity contribution in [3.8, 4) is 22.3 Å². The molecule has 5 aromatic rings. The van der Waals surface area contributed by atoms with E-state index >= 15 is 0 Å². The van der Waals surface area contributed by atoms with Gasteiger partial charge in [0.25, 0.3) is 35.2 Å². The molecule has 26 nitrogen and oxygen atoms in total. The second kappa shape index (κ2) is 37.4. The number of unbranched alkanes of at least 4 members (excludes halogenated alkanes) is 3. The van der Waals surface area contributed by atoms with E-state index in [1.54, 1.807) is 48.5 Å². The molecule has 0 aliphatic carbocycles. The Bertz CT molecular complexity index is 3110. The van der Waals surface area contributed by atoms with Gasteiger partial charge < -0.3 is 91.7 Å². The van der Waals surface area contributed by atoms with Crippen molar-refractivity contribution in [1.82, 2.24) is 31.9 Å². The average molecular weight is 1350 g/mol. The number of carboxylic acid groups (broad SMARTS) is 2. The predicted octanol–water partition coefficient (Wildman–Crippen LogP) is -0.624. The number of rotatable bonds is 34. The molecule has 28 heteroatoms. The maximum atomic E-state index is 13.0. The third-order valence-electron chi connectivity index (χ3n) is 15.9. The van der Waals surface area contributed by atoms with Crippen LogP contribution in [0.2, 0.25) is 0 Å². The van der Waals surface area contributed by atoms with Crippen molar-refractivity contribution >= 4 is 59.1 Å². The molecule has 0 saturated carbocycles. The van der Waals surface area contributed by atoms with Gasteiger partial charge in [0.05, 0.1) is 49.7 Å². The van der Waals surface area contributed by atoms with E-state index < -0.39 is 140 Å². The van der Waals surface area contributed by atoms with Crippen LogP contribution >= 0.6 is 11.8 Å². The summed E-state index contributed by atoms with van der Waals surface area (Å²) in [7, 11) is 0. The van der Waals surface area contributed by atoms with E-state index in [0.29, 0.717) is 54.7 Å². The van der Waals surface area contributed by atoms with Crippen LogP contribution in [0.3, 0.4) is 0 Å². The fourth-order valence-electron chi connectivity index (χ4n) is 10.8. The molecule has 7 rings (SSSR count). The quantitative estimate of drug-likeness (QED) is 0.0180. The van der Waals surface area contributed by atoms with Crippen LogP contribution in [0.25, 0.3) is 22.3 Å². The summed E-state index contributed by atoms with van der Waals surface area (Å²) in [5.74, 6) is -10.5. The molecule has 506 valence electrons. The van der Waals surface area contributed by atoms with Crippen molar-refractivity contribution in [1.29, 1.82) is 0 Å². The van der Waals surface area contributed by atoms with E-state index in [1.165, 1.54) is 36.0 Å². The number of hydrogen-bond acceptors (Lipinski definition) is 19. The van der Waals surface area contributed by atoms with E-state index in [9.17, 15) is 79.2 Å². The molecule has 0 aromatic heterocycles. The molecule has 2 saturated heterocycles. The molecule has 2 unspecified atom stereocenters. The van der Waals surface area contributed by atoms with Crippen molar-refractivity contribution in [2.75, 3.05) is 50.9 Å². The van der Waals surface area contributed by atoms with Gasteiger partial charge >= 0.3 is 41.5 Å². The number of ether oxygens (including phenoxy) is 4. The number of hydrogen-bond donors (Lipinski definition) is 14. The van der Waals surface area contributed by atoms with E-state index in [4.69, 9.17) is 18.9 Å². The Morgan fingerprint density at radius 1 is 0.474 bits per heavy atom. The number of aliphatic hydroxyl groups excluding tert-OH is 6.